The Balaban J connectivity index is 2.19. The number of rotatable bonds is 7. The summed E-state index contributed by atoms with van der Waals surface area (Å²) in [4.78, 5) is 36.4. The molecule has 0 spiro atoms. The molecule has 0 saturated carbocycles. The summed E-state index contributed by atoms with van der Waals surface area (Å²) in [5.74, 6) is -2.03. The van der Waals surface area contributed by atoms with Gasteiger partial charge in [-0.1, -0.05) is 38.5 Å². The average molecular weight is 385 g/mol. The zero-order valence-electron chi connectivity index (χ0n) is 16.1. The van der Waals surface area contributed by atoms with Gasteiger partial charge in [0.15, 0.2) is 0 Å². The summed E-state index contributed by atoms with van der Waals surface area (Å²) in [6.45, 7) is 5.07. The lowest BCUT2D eigenvalue weighted by atomic mass is 9.97. The van der Waals surface area contributed by atoms with Crippen LogP contribution in [0.2, 0.25) is 0 Å². The first-order chi connectivity index (χ1) is 13.3. The van der Waals surface area contributed by atoms with Crippen LogP contribution in [-0.4, -0.2) is 23.8 Å². The van der Waals surface area contributed by atoms with E-state index in [0.29, 0.717) is 17.7 Å². The highest BCUT2D eigenvalue weighted by molar-refractivity contribution is 6.01. The third-order valence-corrected chi connectivity index (χ3v) is 4.36. The second-order valence-corrected chi connectivity index (χ2v) is 6.57. The van der Waals surface area contributed by atoms with Crippen LogP contribution in [0.3, 0.4) is 0 Å². The van der Waals surface area contributed by atoms with Gasteiger partial charge in [-0.2, -0.15) is 0 Å². The molecule has 0 aliphatic heterocycles. The van der Waals surface area contributed by atoms with E-state index >= 15 is 0 Å². The molecule has 0 aliphatic carbocycles. The molecule has 0 fully saturated rings. The fourth-order valence-electron chi connectivity index (χ4n) is 2.63. The van der Waals surface area contributed by atoms with Gasteiger partial charge in [0.1, 0.15) is 11.9 Å². The quantitative estimate of drug-likeness (QED) is 0.681. The first kappa shape index (κ1) is 21.1. The maximum atomic E-state index is 14.1. The highest BCUT2D eigenvalue weighted by Gasteiger charge is 2.27. The number of benzene rings is 2. The maximum Gasteiger partial charge on any atom is 0.251 e. The third kappa shape index (κ3) is 5.64. The number of halogens is 1. The number of carbonyl (C=O) groups excluding carboxylic acids is 3. The van der Waals surface area contributed by atoms with E-state index in [1.165, 1.54) is 19.1 Å². The van der Waals surface area contributed by atoms with E-state index in [9.17, 15) is 18.8 Å². The monoisotopic (exact) mass is 385 g/mol. The van der Waals surface area contributed by atoms with Gasteiger partial charge in [0.25, 0.3) is 5.91 Å². The van der Waals surface area contributed by atoms with Crippen molar-refractivity contribution in [3.63, 3.8) is 0 Å². The van der Waals surface area contributed by atoms with Gasteiger partial charge in [-0.25, -0.2) is 4.39 Å². The van der Waals surface area contributed by atoms with Gasteiger partial charge in [0.2, 0.25) is 11.8 Å². The Hall–Kier alpha value is -3.22. The zero-order chi connectivity index (χ0) is 20.7. The van der Waals surface area contributed by atoms with Crippen molar-refractivity contribution in [1.82, 2.24) is 5.32 Å². The Morgan fingerprint density at radius 2 is 1.71 bits per heavy atom. The summed E-state index contributed by atoms with van der Waals surface area (Å²) in [6, 6.07) is 11.6. The summed E-state index contributed by atoms with van der Waals surface area (Å²) in [7, 11) is 0. The molecule has 2 aromatic carbocycles. The minimum Gasteiger partial charge on any atom is -0.340 e. The van der Waals surface area contributed by atoms with Crippen molar-refractivity contribution in [2.45, 2.75) is 33.2 Å². The summed E-state index contributed by atoms with van der Waals surface area (Å²) in [6.07, 6.45) is 0.640. The lowest BCUT2D eigenvalue weighted by Gasteiger charge is -2.24. The van der Waals surface area contributed by atoms with E-state index in [2.05, 4.69) is 16.0 Å². The first-order valence-corrected chi connectivity index (χ1v) is 9.05. The molecule has 7 heteroatoms. The van der Waals surface area contributed by atoms with Gasteiger partial charge in [-0.05, 0) is 36.2 Å². The maximum absolute atomic E-state index is 14.1. The summed E-state index contributed by atoms with van der Waals surface area (Å²) >= 11 is 0. The predicted molar refractivity (Wildman–Crippen MR) is 106 cm³/mol. The van der Waals surface area contributed by atoms with Crippen molar-refractivity contribution < 1.29 is 18.8 Å². The van der Waals surface area contributed by atoms with Crippen LogP contribution in [0.15, 0.2) is 48.5 Å². The smallest absolute Gasteiger partial charge is 0.251 e. The molecule has 2 atom stereocenters. The van der Waals surface area contributed by atoms with Gasteiger partial charge >= 0.3 is 0 Å². The Morgan fingerprint density at radius 3 is 2.32 bits per heavy atom. The standard InChI is InChI=1S/C21H24FN3O3/c1-4-13(2)19(25-20(27)15-8-6-5-7-9-15)21(28)24-18-12-16(23-14(3)26)10-11-17(18)22/h5-13,19H,4H2,1-3H3,(H,23,26)(H,24,28)(H,25,27). The highest BCUT2D eigenvalue weighted by Crippen LogP contribution is 2.21. The van der Waals surface area contributed by atoms with Crippen LogP contribution < -0.4 is 16.0 Å². The van der Waals surface area contributed by atoms with E-state index in [0.717, 1.165) is 6.07 Å². The molecular weight excluding hydrogens is 361 g/mol. The van der Waals surface area contributed by atoms with Gasteiger partial charge in [-0.15, -0.1) is 0 Å². The van der Waals surface area contributed by atoms with Crippen molar-refractivity contribution in [3.05, 3.63) is 59.9 Å². The van der Waals surface area contributed by atoms with Gasteiger partial charge in [-0.3, -0.25) is 14.4 Å². The molecule has 148 valence electrons. The summed E-state index contributed by atoms with van der Waals surface area (Å²) in [5.41, 5.74) is 0.721. The minimum absolute atomic E-state index is 0.0708. The van der Waals surface area contributed by atoms with Gasteiger partial charge in [0, 0.05) is 18.2 Å². The second-order valence-electron chi connectivity index (χ2n) is 6.57. The fraction of sp³-hybridized carbons (Fsp3) is 0.286. The Bertz CT molecular complexity index is 855. The van der Waals surface area contributed by atoms with Crippen LogP contribution in [0.25, 0.3) is 0 Å². The van der Waals surface area contributed by atoms with Crippen LogP contribution in [-0.2, 0) is 9.59 Å². The third-order valence-electron chi connectivity index (χ3n) is 4.36. The van der Waals surface area contributed by atoms with Crippen molar-refractivity contribution in [3.8, 4) is 0 Å². The molecule has 0 saturated heterocycles. The Morgan fingerprint density at radius 1 is 1.04 bits per heavy atom. The van der Waals surface area contributed by atoms with E-state index in [1.807, 2.05) is 13.8 Å². The largest absolute Gasteiger partial charge is 0.340 e. The summed E-state index contributed by atoms with van der Waals surface area (Å²) < 4.78 is 14.1. The molecule has 0 aromatic heterocycles. The normalized spacial score (nSPS) is 12.6. The van der Waals surface area contributed by atoms with E-state index in [4.69, 9.17) is 0 Å². The molecule has 3 amide bonds. The molecule has 2 rings (SSSR count). The number of nitrogens with one attached hydrogen (secondary N) is 3. The molecule has 2 aromatic rings. The molecule has 3 N–H and O–H groups in total. The van der Waals surface area contributed by atoms with Crippen molar-refractivity contribution in [2.75, 3.05) is 10.6 Å². The molecule has 0 heterocycles. The topological polar surface area (TPSA) is 87.3 Å². The second kappa shape index (κ2) is 9.64. The first-order valence-electron chi connectivity index (χ1n) is 9.05. The van der Waals surface area contributed by atoms with Gasteiger partial charge in [0.05, 0.1) is 5.69 Å². The molecule has 2 unspecified atom stereocenters. The lowest BCUT2D eigenvalue weighted by molar-refractivity contribution is -0.119. The fourth-order valence-corrected chi connectivity index (χ4v) is 2.63. The zero-order valence-corrected chi connectivity index (χ0v) is 16.1. The Labute approximate surface area is 163 Å². The molecule has 0 radical (unpaired) electrons. The number of hydrogen-bond acceptors (Lipinski definition) is 3. The minimum atomic E-state index is -0.846. The molecule has 6 nitrogen and oxygen atoms in total. The number of amides is 3. The highest BCUT2D eigenvalue weighted by atomic mass is 19.1. The molecule has 0 bridgehead atoms. The van der Waals surface area contributed by atoms with Crippen LogP contribution in [0.1, 0.15) is 37.6 Å². The molecular formula is C21H24FN3O3. The number of carbonyl (C=O) groups is 3. The van der Waals surface area contributed by atoms with Crippen molar-refractivity contribution >= 4 is 29.1 Å². The lowest BCUT2D eigenvalue weighted by Crippen LogP contribution is -2.47. The van der Waals surface area contributed by atoms with Crippen LogP contribution in [0.5, 0.6) is 0 Å². The van der Waals surface area contributed by atoms with E-state index < -0.39 is 17.8 Å². The van der Waals surface area contributed by atoms with Crippen LogP contribution in [0.4, 0.5) is 15.8 Å². The van der Waals surface area contributed by atoms with Crippen molar-refractivity contribution in [1.29, 1.82) is 0 Å². The molecule has 0 aliphatic rings. The van der Waals surface area contributed by atoms with Crippen molar-refractivity contribution in [2.24, 2.45) is 5.92 Å². The van der Waals surface area contributed by atoms with E-state index in [-0.39, 0.29) is 23.4 Å². The SMILES string of the molecule is CCC(C)C(NC(=O)c1ccccc1)C(=O)Nc1cc(NC(C)=O)ccc1F. The van der Waals surface area contributed by atoms with Crippen LogP contribution >= 0.6 is 0 Å². The Kier molecular flexibility index (Phi) is 7.26. The number of anilines is 2. The predicted octanol–water partition coefficient (Wildman–Crippen LogP) is 3.57. The average Bonchev–Trinajstić information content (AvgIpc) is 2.68. The molecule has 28 heavy (non-hydrogen) atoms. The van der Waals surface area contributed by atoms with Crippen LogP contribution in [0, 0.1) is 11.7 Å². The number of hydrogen-bond donors (Lipinski definition) is 3. The van der Waals surface area contributed by atoms with Gasteiger partial charge < -0.3 is 16.0 Å². The van der Waals surface area contributed by atoms with E-state index in [1.54, 1.807) is 30.3 Å². The summed E-state index contributed by atoms with van der Waals surface area (Å²) in [5, 5.41) is 7.78.